The van der Waals surface area contributed by atoms with Gasteiger partial charge in [-0.3, -0.25) is 0 Å². The molecule has 1 N–H and O–H groups in total. The number of carbonyl (C=O) groups is 1. The molecule has 276 valence electrons. The van der Waals surface area contributed by atoms with Crippen LogP contribution >= 0.6 is 22.7 Å². The average Bonchev–Trinajstić information content (AvgIpc) is 4.02. The van der Waals surface area contributed by atoms with E-state index in [0.29, 0.717) is 41.5 Å². The molecule has 4 aliphatic rings. The number of carboxylic acids is 1. The molecule has 0 radical (unpaired) electrons. The molecule has 0 amide bonds. The summed E-state index contributed by atoms with van der Waals surface area (Å²) in [5, 5.41) is 19.1. The summed E-state index contributed by atoms with van der Waals surface area (Å²) < 4.78 is 12.3. The number of ether oxygens (including phenoxy) is 2. The van der Waals surface area contributed by atoms with E-state index in [2.05, 4.69) is 66.4 Å². The fourth-order valence-corrected chi connectivity index (χ4v) is 12.1. The lowest BCUT2D eigenvalue weighted by Gasteiger charge is -2.33. The quantitative estimate of drug-likeness (QED) is 0.0698. The molecule has 53 heavy (non-hydrogen) atoms. The number of aliphatic carboxylic acids is 1. The third kappa shape index (κ3) is 7.15. The fraction of sp³-hybridized carbons (Fsp3) is 0.467. The summed E-state index contributed by atoms with van der Waals surface area (Å²) in [6.07, 6.45) is 19.4. The highest BCUT2D eigenvalue weighted by Crippen LogP contribution is 2.62. The Hall–Kier alpha value is -4.06. The van der Waals surface area contributed by atoms with Crippen LogP contribution in [-0.2, 0) is 11.2 Å². The first kappa shape index (κ1) is 35.9. The predicted octanol–water partition coefficient (Wildman–Crippen LogP) is 12.4. The Labute approximate surface area is 322 Å². The molecule has 4 aromatic rings. The highest BCUT2D eigenvalue weighted by molar-refractivity contribution is 7.24. The number of para-hydroxylation sites is 1. The summed E-state index contributed by atoms with van der Waals surface area (Å²) in [5.74, 6) is 2.20. The minimum atomic E-state index is -1.25. The summed E-state index contributed by atoms with van der Waals surface area (Å²) in [5.41, 5.74) is 6.39. The van der Waals surface area contributed by atoms with Crippen molar-refractivity contribution in [3.05, 3.63) is 76.2 Å². The van der Waals surface area contributed by atoms with Crippen molar-refractivity contribution in [2.75, 3.05) is 18.1 Å². The van der Waals surface area contributed by atoms with Crippen molar-refractivity contribution in [3.63, 3.8) is 0 Å². The monoisotopic (exact) mass is 746 g/mol. The van der Waals surface area contributed by atoms with E-state index in [0.717, 1.165) is 34.4 Å². The second-order valence-electron chi connectivity index (χ2n) is 15.3. The summed E-state index contributed by atoms with van der Waals surface area (Å²) in [6, 6.07) is 23.1. The Bertz CT molecular complexity index is 2000. The van der Waals surface area contributed by atoms with E-state index in [9.17, 15) is 15.2 Å². The van der Waals surface area contributed by atoms with Gasteiger partial charge in [0, 0.05) is 28.2 Å². The molecule has 8 heteroatoms. The van der Waals surface area contributed by atoms with Crippen LogP contribution in [0.2, 0.25) is 0 Å². The Kier molecular flexibility index (Phi) is 10.9. The van der Waals surface area contributed by atoms with Gasteiger partial charge in [-0.05, 0) is 91.0 Å². The van der Waals surface area contributed by atoms with Crippen LogP contribution in [0.4, 0.5) is 11.4 Å². The maximum absolute atomic E-state index is 11.8. The number of anilines is 2. The molecule has 4 heterocycles. The van der Waals surface area contributed by atoms with E-state index in [1.165, 1.54) is 122 Å². The summed E-state index contributed by atoms with van der Waals surface area (Å²) >= 11 is 3.24. The Balaban J connectivity index is 1.07. The molecule has 4 unspecified atom stereocenters. The maximum atomic E-state index is 11.8. The zero-order chi connectivity index (χ0) is 36.3. The van der Waals surface area contributed by atoms with E-state index in [1.807, 2.05) is 6.07 Å². The highest BCUT2D eigenvalue weighted by atomic mass is 32.1. The third-order valence-corrected chi connectivity index (χ3v) is 14.5. The van der Waals surface area contributed by atoms with Gasteiger partial charge in [0.25, 0.3) is 0 Å². The van der Waals surface area contributed by atoms with Crippen molar-refractivity contribution >= 4 is 46.1 Å². The molecular formula is C45H50N2O4S2. The van der Waals surface area contributed by atoms with Gasteiger partial charge < -0.3 is 19.5 Å². The number of nitriles is 1. The maximum Gasteiger partial charge on any atom is 0.346 e. The van der Waals surface area contributed by atoms with Gasteiger partial charge in [0.05, 0.1) is 14.6 Å². The molecule has 2 saturated carbocycles. The first-order chi connectivity index (χ1) is 26.1. The molecule has 2 aromatic carbocycles. The van der Waals surface area contributed by atoms with Gasteiger partial charge in [-0.2, -0.15) is 5.26 Å². The number of thiophene rings is 2. The van der Waals surface area contributed by atoms with Gasteiger partial charge in [-0.15, -0.1) is 22.7 Å². The third-order valence-electron chi connectivity index (χ3n) is 12.0. The molecule has 2 aliphatic heterocycles. The second-order valence-corrected chi connectivity index (χ2v) is 17.5. The number of carboxylic acid groups (broad SMARTS) is 1. The first-order valence-electron chi connectivity index (χ1n) is 19.9. The molecule has 0 spiro atoms. The molecule has 0 saturated heterocycles. The predicted molar refractivity (Wildman–Crippen MR) is 217 cm³/mol. The SMILES string of the molecule is CCCCCCCCCCCCc1cc(-c2ccc(N3c4ccccc4C4C5CCC(C5)C43)cc2)sc1-c1sc(/C=C(/C#N)C(=O)O)c2c1OCCO2. The largest absolute Gasteiger partial charge is 0.485 e. The lowest BCUT2D eigenvalue weighted by Crippen LogP contribution is -2.35. The number of aryl methyl sites for hydroxylation is 1. The van der Waals surface area contributed by atoms with E-state index in [-0.39, 0.29) is 5.57 Å². The van der Waals surface area contributed by atoms with Gasteiger partial charge in [0.1, 0.15) is 24.9 Å². The Morgan fingerprint density at radius 2 is 1.58 bits per heavy atom. The van der Waals surface area contributed by atoms with Gasteiger partial charge in [0.2, 0.25) is 0 Å². The summed E-state index contributed by atoms with van der Waals surface area (Å²) in [4.78, 5) is 18.4. The van der Waals surface area contributed by atoms with Crippen molar-refractivity contribution in [2.24, 2.45) is 11.8 Å². The van der Waals surface area contributed by atoms with E-state index >= 15 is 0 Å². The Morgan fingerprint density at radius 3 is 2.32 bits per heavy atom. The first-order valence-corrected chi connectivity index (χ1v) is 21.6. The van der Waals surface area contributed by atoms with Crippen molar-refractivity contribution < 1.29 is 19.4 Å². The molecule has 2 aliphatic carbocycles. The van der Waals surface area contributed by atoms with Crippen LogP contribution in [0.1, 0.15) is 112 Å². The second kappa shape index (κ2) is 16.1. The number of unbranched alkanes of at least 4 members (excludes halogenated alkanes) is 9. The van der Waals surface area contributed by atoms with E-state index < -0.39 is 5.97 Å². The van der Waals surface area contributed by atoms with Crippen LogP contribution in [0.3, 0.4) is 0 Å². The van der Waals surface area contributed by atoms with Crippen molar-refractivity contribution in [1.29, 1.82) is 5.26 Å². The van der Waals surface area contributed by atoms with Gasteiger partial charge in [-0.25, -0.2) is 4.79 Å². The zero-order valence-corrected chi connectivity index (χ0v) is 32.4. The van der Waals surface area contributed by atoms with Crippen LogP contribution in [0.5, 0.6) is 11.5 Å². The molecule has 4 atom stereocenters. The smallest absolute Gasteiger partial charge is 0.346 e. The van der Waals surface area contributed by atoms with Crippen LogP contribution < -0.4 is 14.4 Å². The topological polar surface area (TPSA) is 82.8 Å². The number of nitrogens with zero attached hydrogens (tertiary/aromatic N) is 2. The van der Waals surface area contributed by atoms with Crippen LogP contribution in [0.15, 0.2) is 60.2 Å². The summed E-state index contributed by atoms with van der Waals surface area (Å²) in [7, 11) is 0. The van der Waals surface area contributed by atoms with E-state index in [1.54, 1.807) is 16.9 Å². The molecular weight excluding hydrogens is 697 g/mol. The average molecular weight is 747 g/mol. The normalized spacial score (nSPS) is 21.1. The van der Waals surface area contributed by atoms with Crippen LogP contribution in [-0.4, -0.2) is 30.3 Å². The fourth-order valence-electron chi connectivity index (χ4n) is 9.56. The number of hydrogen-bond donors (Lipinski definition) is 1. The molecule has 6 nitrogen and oxygen atoms in total. The molecule has 2 bridgehead atoms. The Morgan fingerprint density at radius 1 is 0.887 bits per heavy atom. The molecule has 2 aromatic heterocycles. The number of rotatable bonds is 16. The van der Waals surface area contributed by atoms with Crippen LogP contribution in [0, 0.1) is 23.2 Å². The zero-order valence-electron chi connectivity index (χ0n) is 30.8. The highest BCUT2D eigenvalue weighted by Gasteiger charge is 2.55. The van der Waals surface area contributed by atoms with Crippen molar-refractivity contribution in [3.8, 4) is 37.8 Å². The lowest BCUT2D eigenvalue weighted by atomic mass is 9.82. The summed E-state index contributed by atoms with van der Waals surface area (Å²) in [6.45, 7) is 3.09. The minimum absolute atomic E-state index is 0.315. The lowest BCUT2D eigenvalue weighted by molar-refractivity contribution is -0.132. The van der Waals surface area contributed by atoms with Crippen LogP contribution in [0.25, 0.3) is 26.3 Å². The number of fused-ring (bicyclic) bond motifs is 8. The van der Waals surface area contributed by atoms with Gasteiger partial charge in [-0.1, -0.05) is 95.0 Å². The minimum Gasteiger partial charge on any atom is -0.485 e. The molecule has 2 fully saturated rings. The van der Waals surface area contributed by atoms with Crippen molar-refractivity contribution in [1.82, 2.24) is 0 Å². The van der Waals surface area contributed by atoms with Gasteiger partial charge >= 0.3 is 5.97 Å². The van der Waals surface area contributed by atoms with Crippen molar-refractivity contribution in [2.45, 2.75) is 109 Å². The number of benzene rings is 2. The molecule has 8 rings (SSSR count). The standard InChI is InChI=1S/C45H50N2O4S2/c1-2-3-4-5-6-7-8-9-10-11-14-32-26-37(52-43(32)44-42-41(50-23-24-51-42)38(53-44)27-33(28-46)45(48)49)29-19-21-34(22-20-29)47-36-16-13-12-15-35(36)39-30-17-18-31(25-30)40(39)47/h12-13,15-16,19-22,26-27,30-31,39-40H,2-11,14,17-18,23-25H2,1H3,(H,48,49)/b33-27-. The van der Waals surface area contributed by atoms with E-state index in [4.69, 9.17) is 9.47 Å². The number of hydrogen-bond acceptors (Lipinski definition) is 7. The van der Waals surface area contributed by atoms with Gasteiger partial charge in [0.15, 0.2) is 11.5 Å².